The first kappa shape index (κ1) is 10.4. The number of hydrogen-bond donors (Lipinski definition) is 1. The lowest BCUT2D eigenvalue weighted by Gasteiger charge is -2.04. The van der Waals surface area contributed by atoms with Gasteiger partial charge in [-0.3, -0.25) is 0 Å². The number of rotatable bonds is 5. The van der Waals surface area contributed by atoms with Gasteiger partial charge in [-0.1, -0.05) is 24.6 Å². The van der Waals surface area contributed by atoms with Crippen molar-refractivity contribution in [3.05, 3.63) is 24.3 Å². The number of likely N-dealkylation sites (N-methyl/N-ethyl adjacent to an activating group) is 1. The molecule has 0 radical (unpaired) electrons. The van der Waals surface area contributed by atoms with Crippen LogP contribution in [-0.2, 0) is 0 Å². The molecule has 0 aromatic rings. The van der Waals surface area contributed by atoms with Crippen LogP contribution >= 0.6 is 0 Å². The highest BCUT2D eigenvalue weighted by molar-refractivity contribution is 4.97. The van der Waals surface area contributed by atoms with Gasteiger partial charge in [-0.05, 0) is 26.3 Å². The van der Waals surface area contributed by atoms with E-state index in [1.807, 2.05) is 7.05 Å². The van der Waals surface area contributed by atoms with Crippen molar-refractivity contribution in [2.75, 3.05) is 13.6 Å². The fourth-order valence-electron chi connectivity index (χ4n) is 1.04. The summed E-state index contributed by atoms with van der Waals surface area (Å²) in [7, 11) is 1.95. The minimum absolute atomic E-state index is 0.626. The molecule has 0 aliphatic rings. The third kappa shape index (κ3) is 7.34. The lowest BCUT2D eigenvalue weighted by molar-refractivity contribution is 0.714. The van der Waals surface area contributed by atoms with Gasteiger partial charge in [0.25, 0.3) is 0 Å². The van der Waals surface area contributed by atoms with E-state index in [1.165, 1.54) is 5.57 Å². The van der Waals surface area contributed by atoms with E-state index >= 15 is 0 Å². The summed E-state index contributed by atoms with van der Waals surface area (Å²) in [5.74, 6) is 0.626. The van der Waals surface area contributed by atoms with Crippen molar-refractivity contribution < 1.29 is 0 Å². The maximum Gasteiger partial charge on any atom is 0.0131 e. The van der Waals surface area contributed by atoms with Crippen LogP contribution in [0.1, 0.15) is 20.3 Å². The van der Waals surface area contributed by atoms with Crippen molar-refractivity contribution in [2.45, 2.75) is 20.3 Å². The smallest absolute Gasteiger partial charge is 0.0131 e. The Morgan fingerprint density at radius 1 is 1.64 bits per heavy atom. The molecule has 0 aliphatic heterocycles. The van der Waals surface area contributed by atoms with Gasteiger partial charge < -0.3 is 5.32 Å². The van der Waals surface area contributed by atoms with Gasteiger partial charge in [-0.2, -0.15) is 0 Å². The van der Waals surface area contributed by atoms with Gasteiger partial charge in [0, 0.05) is 6.54 Å². The largest absolute Gasteiger partial charge is 0.316 e. The lowest BCUT2D eigenvalue weighted by Crippen LogP contribution is -2.04. The van der Waals surface area contributed by atoms with Crippen LogP contribution in [-0.4, -0.2) is 13.6 Å². The van der Waals surface area contributed by atoms with E-state index in [0.29, 0.717) is 5.92 Å². The molecule has 1 heteroatoms. The standard InChI is InChI=1S/C10H19N/c1-9(2)8-10(3)6-5-7-11-4/h5-6,10-11H,1,7-8H2,2-4H3/b6-5+/t10-/m1/s1. The monoisotopic (exact) mass is 153 g/mol. The molecule has 0 saturated carbocycles. The highest BCUT2D eigenvalue weighted by Gasteiger charge is 1.94. The minimum Gasteiger partial charge on any atom is -0.316 e. The Morgan fingerprint density at radius 3 is 2.73 bits per heavy atom. The van der Waals surface area contributed by atoms with E-state index in [2.05, 4.69) is 37.9 Å². The Labute approximate surface area is 70.2 Å². The maximum atomic E-state index is 3.87. The van der Waals surface area contributed by atoms with Gasteiger partial charge in [-0.25, -0.2) is 0 Å². The molecule has 0 spiro atoms. The molecule has 0 rings (SSSR count). The molecule has 11 heavy (non-hydrogen) atoms. The van der Waals surface area contributed by atoms with E-state index in [0.717, 1.165) is 13.0 Å². The van der Waals surface area contributed by atoms with E-state index in [9.17, 15) is 0 Å². The summed E-state index contributed by atoms with van der Waals surface area (Å²) in [6.07, 6.45) is 5.49. The molecule has 0 aromatic carbocycles. The first-order valence-corrected chi connectivity index (χ1v) is 4.12. The average molecular weight is 153 g/mol. The molecule has 64 valence electrons. The van der Waals surface area contributed by atoms with Crippen molar-refractivity contribution in [3.8, 4) is 0 Å². The molecule has 0 aliphatic carbocycles. The Balaban J connectivity index is 3.50. The summed E-state index contributed by atoms with van der Waals surface area (Å²) >= 11 is 0. The molecule has 1 N–H and O–H groups in total. The molecule has 1 nitrogen and oxygen atoms in total. The molecule has 0 amide bonds. The summed E-state index contributed by atoms with van der Waals surface area (Å²) in [5, 5.41) is 3.07. The van der Waals surface area contributed by atoms with E-state index in [-0.39, 0.29) is 0 Å². The average Bonchev–Trinajstić information content (AvgIpc) is 1.86. The SMILES string of the molecule is C=C(C)C[C@H](C)/C=C/CNC. The van der Waals surface area contributed by atoms with Crippen molar-refractivity contribution in [1.82, 2.24) is 5.32 Å². The number of allylic oxidation sites excluding steroid dienone is 2. The summed E-state index contributed by atoms with van der Waals surface area (Å²) in [4.78, 5) is 0. The third-order valence-corrected chi connectivity index (χ3v) is 1.46. The Morgan fingerprint density at radius 2 is 2.27 bits per heavy atom. The van der Waals surface area contributed by atoms with Gasteiger partial charge >= 0.3 is 0 Å². The first-order valence-electron chi connectivity index (χ1n) is 4.12. The van der Waals surface area contributed by atoms with E-state index in [1.54, 1.807) is 0 Å². The predicted octanol–water partition coefficient (Wildman–Crippen LogP) is 2.36. The molecule has 0 heterocycles. The fourth-order valence-corrected chi connectivity index (χ4v) is 1.04. The highest BCUT2D eigenvalue weighted by atomic mass is 14.8. The molecule has 1 atom stereocenters. The van der Waals surface area contributed by atoms with Gasteiger partial charge in [-0.15, -0.1) is 6.58 Å². The van der Waals surface area contributed by atoms with Crippen LogP contribution in [0.3, 0.4) is 0 Å². The second-order valence-electron chi connectivity index (χ2n) is 3.12. The molecular formula is C10H19N. The zero-order chi connectivity index (χ0) is 8.69. The van der Waals surface area contributed by atoms with Crippen LogP contribution in [0.25, 0.3) is 0 Å². The molecule has 0 aromatic heterocycles. The lowest BCUT2D eigenvalue weighted by atomic mass is 10.0. The van der Waals surface area contributed by atoms with Gasteiger partial charge in [0.2, 0.25) is 0 Å². The summed E-state index contributed by atoms with van der Waals surface area (Å²) in [6, 6.07) is 0. The summed E-state index contributed by atoms with van der Waals surface area (Å²) < 4.78 is 0. The third-order valence-electron chi connectivity index (χ3n) is 1.46. The molecule has 0 saturated heterocycles. The van der Waals surface area contributed by atoms with Gasteiger partial charge in [0.15, 0.2) is 0 Å². The summed E-state index contributed by atoms with van der Waals surface area (Å²) in [6.45, 7) is 9.11. The van der Waals surface area contributed by atoms with Crippen molar-refractivity contribution in [1.29, 1.82) is 0 Å². The Bertz CT molecular complexity index is 136. The Kier molecular flexibility index (Phi) is 5.86. The quantitative estimate of drug-likeness (QED) is 0.598. The van der Waals surface area contributed by atoms with Crippen LogP contribution in [0.15, 0.2) is 24.3 Å². The van der Waals surface area contributed by atoms with Crippen molar-refractivity contribution >= 4 is 0 Å². The van der Waals surface area contributed by atoms with E-state index in [4.69, 9.17) is 0 Å². The van der Waals surface area contributed by atoms with E-state index < -0.39 is 0 Å². The minimum atomic E-state index is 0.626. The molecule has 0 bridgehead atoms. The zero-order valence-corrected chi connectivity index (χ0v) is 7.85. The molecular weight excluding hydrogens is 134 g/mol. The second-order valence-corrected chi connectivity index (χ2v) is 3.12. The van der Waals surface area contributed by atoms with Crippen LogP contribution in [0, 0.1) is 5.92 Å². The first-order chi connectivity index (χ1) is 5.16. The second kappa shape index (κ2) is 6.17. The number of nitrogens with one attached hydrogen (secondary N) is 1. The van der Waals surface area contributed by atoms with Crippen molar-refractivity contribution in [2.24, 2.45) is 5.92 Å². The van der Waals surface area contributed by atoms with Crippen LogP contribution in [0.5, 0.6) is 0 Å². The van der Waals surface area contributed by atoms with Crippen LogP contribution < -0.4 is 5.32 Å². The molecule has 0 unspecified atom stereocenters. The fraction of sp³-hybridized carbons (Fsp3) is 0.600. The van der Waals surface area contributed by atoms with Gasteiger partial charge in [0.05, 0.1) is 0 Å². The number of hydrogen-bond acceptors (Lipinski definition) is 1. The maximum absolute atomic E-state index is 3.87. The van der Waals surface area contributed by atoms with Crippen LogP contribution in [0.2, 0.25) is 0 Å². The topological polar surface area (TPSA) is 12.0 Å². The zero-order valence-electron chi connectivity index (χ0n) is 7.85. The highest BCUT2D eigenvalue weighted by Crippen LogP contribution is 2.09. The Hall–Kier alpha value is -0.560. The summed E-state index contributed by atoms with van der Waals surface area (Å²) in [5.41, 5.74) is 1.26. The normalized spacial score (nSPS) is 13.7. The molecule has 0 fully saturated rings. The predicted molar refractivity (Wildman–Crippen MR) is 51.7 cm³/mol. The van der Waals surface area contributed by atoms with Crippen LogP contribution in [0.4, 0.5) is 0 Å². The van der Waals surface area contributed by atoms with Gasteiger partial charge in [0.1, 0.15) is 0 Å². The van der Waals surface area contributed by atoms with Crippen molar-refractivity contribution in [3.63, 3.8) is 0 Å².